The van der Waals surface area contributed by atoms with Crippen molar-refractivity contribution in [2.24, 2.45) is 0 Å². The van der Waals surface area contributed by atoms with Crippen molar-refractivity contribution in [2.45, 2.75) is 39.2 Å². The minimum absolute atomic E-state index is 0.0931. The fourth-order valence-corrected chi connectivity index (χ4v) is 2.26. The smallest absolute Gasteiger partial charge is 0.231 e. The lowest BCUT2D eigenvalue weighted by atomic mass is 10.1. The lowest BCUT2D eigenvalue weighted by Gasteiger charge is -2.11. The zero-order chi connectivity index (χ0) is 13.8. The van der Waals surface area contributed by atoms with Gasteiger partial charge in [0.15, 0.2) is 0 Å². The molecular weight excluding hydrogens is 240 g/mol. The van der Waals surface area contributed by atoms with Crippen molar-refractivity contribution in [1.82, 2.24) is 5.32 Å². The molecule has 0 fully saturated rings. The second-order valence-electron chi connectivity index (χ2n) is 4.97. The molecule has 0 spiro atoms. The van der Waals surface area contributed by atoms with E-state index in [2.05, 4.69) is 12.2 Å². The summed E-state index contributed by atoms with van der Waals surface area (Å²) in [5.74, 6) is 0.217. The zero-order valence-electron chi connectivity index (χ0n) is 11.5. The maximum atomic E-state index is 11.6. The number of carbonyl (C=O) groups is 2. The number of hydrogen-bond acceptors (Lipinski definition) is 2. The molecule has 1 aliphatic heterocycles. The summed E-state index contributed by atoms with van der Waals surface area (Å²) in [7, 11) is 1.79. The number of likely N-dealkylation sites (N-methyl/N-ethyl adjacent to an activating group) is 1. The number of fused-ring (bicyclic) bond motifs is 1. The van der Waals surface area contributed by atoms with Crippen LogP contribution >= 0.6 is 0 Å². The summed E-state index contributed by atoms with van der Waals surface area (Å²) in [5.41, 5.74) is 3.07. The van der Waals surface area contributed by atoms with Crippen molar-refractivity contribution >= 4 is 17.5 Å². The minimum atomic E-state index is 0.0931. The molecule has 1 N–H and O–H groups in total. The SMILES string of the molecule is CCCCC(=O)NCc1ccc2c(c1)CC(=O)N2C. The highest BCUT2D eigenvalue weighted by atomic mass is 16.2. The molecule has 2 amide bonds. The molecule has 1 heterocycles. The molecule has 4 heteroatoms. The van der Waals surface area contributed by atoms with Gasteiger partial charge in [-0.1, -0.05) is 25.5 Å². The van der Waals surface area contributed by atoms with Crippen LogP contribution in [0.4, 0.5) is 5.69 Å². The van der Waals surface area contributed by atoms with E-state index in [0.717, 1.165) is 29.7 Å². The first-order valence-corrected chi connectivity index (χ1v) is 6.77. The van der Waals surface area contributed by atoms with E-state index in [1.54, 1.807) is 11.9 Å². The van der Waals surface area contributed by atoms with Gasteiger partial charge in [0.25, 0.3) is 0 Å². The molecule has 0 saturated heterocycles. The van der Waals surface area contributed by atoms with Crippen molar-refractivity contribution in [3.8, 4) is 0 Å². The maximum Gasteiger partial charge on any atom is 0.231 e. The Labute approximate surface area is 113 Å². The topological polar surface area (TPSA) is 49.4 Å². The van der Waals surface area contributed by atoms with Crippen LogP contribution in [0.1, 0.15) is 37.3 Å². The van der Waals surface area contributed by atoms with Crippen molar-refractivity contribution in [3.63, 3.8) is 0 Å². The molecule has 2 rings (SSSR count). The largest absolute Gasteiger partial charge is 0.352 e. The Balaban J connectivity index is 1.95. The fourth-order valence-electron chi connectivity index (χ4n) is 2.26. The predicted octanol–water partition coefficient (Wildman–Crippen LogP) is 2.01. The Morgan fingerprint density at radius 3 is 2.95 bits per heavy atom. The second-order valence-corrected chi connectivity index (χ2v) is 4.97. The average molecular weight is 260 g/mol. The molecule has 1 aromatic carbocycles. The average Bonchev–Trinajstić information content (AvgIpc) is 2.69. The molecule has 0 radical (unpaired) electrons. The van der Waals surface area contributed by atoms with E-state index in [0.29, 0.717) is 19.4 Å². The number of hydrogen-bond donors (Lipinski definition) is 1. The standard InChI is InChI=1S/C15H20N2O2/c1-3-4-5-14(18)16-10-11-6-7-13-12(8-11)9-15(19)17(13)2/h6-8H,3-5,9-10H2,1-2H3,(H,16,18). The second kappa shape index (κ2) is 5.87. The monoisotopic (exact) mass is 260 g/mol. The van der Waals surface area contributed by atoms with Crippen molar-refractivity contribution in [2.75, 3.05) is 11.9 Å². The van der Waals surface area contributed by atoms with E-state index in [1.807, 2.05) is 18.2 Å². The third-order valence-electron chi connectivity index (χ3n) is 3.47. The van der Waals surface area contributed by atoms with Gasteiger partial charge in [0.2, 0.25) is 11.8 Å². The van der Waals surface area contributed by atoms with E-state index in [-0.39, 0.29) is 11.8 Å². The number of rotatable bonds is 5. The molecule has 0 atom stereocenters. The highest BCUT2D eigenvalue weighted by Crippen LogP contribution is 2.28. The van der Waals surface area contributed by atoms with Crippen LogP contribution in [0.15, 0.2) is 18.2 Å². The van der Waals surface area contributed by atoms with E-state index >= 15 is 0 Å². The summed E-state index contributed by atoms with van der Waals surface area (Å²) in [4.78, 5) is 24.8. The van der Waals surface area contributed by atoms with Crippen LogP contribution in [0.25, 0.3) is 0 Å². The summed E-state index contributed by atoms with van der Waals surface area (Å²) in [5, 5.41) is 2.91. The normalized spacial score (nSPS) is 13.6. The number of nitrogens with one attached hydrogen (secondary N) is 1. The first-order chi connectivity index (χ1) is 9.11. The van der Waals surface area contributed by atoms with Gasteiger partial charge in [0.05, 0.1) is 6.42 Å². The number of carbonyl (C=O) groups excluding carboxylic acids is 2. The molecule has 19 heavy (non-hydrogen) atoms. The molecule has 1 aromatic rings. The third-order valence-corrected chi connectivity index (χ3v) is 3.47. The number of amides is 2. The summed E-state index contributed by atoms with van der Waals surface area (Å²) in [6.07, 6.45) is 3.00. The Bertz CT molecular complexity index is 497. The van der Waals surface area contributed by atoms with Crippen LogP contribution in [0, 0.1) is 0 Å². The van der Waals surface area contributed by atoms with Gasteiger partial charge < -0.3 is 10.2 Å². The van der Waals surface area contributed by atoms with Gasteiger partial charge in [0.1, 0.15) is 0 Å². The lowest BCUT2D eigenvalue weighted by molar-refractivity contribution is -0.121. The summed E-state index contributed by atoms with van der Waals surface area (Å²) in [6, 6.07) is 5.93. The fraction of sp³-hybridized carbons (Fsp3) is 0.467. The quantitative estimate of drug-likeness (QED) is 0.880. The molecule has 0 unspecified atom stereocenters. The van der Waals surface area contributed by atoms with E-state index in [9.17, 15) is 9.59 Å². The molecule has 0 aromatic heterocycles. The van der Waals surface area contributed by atoms with Crippen molar-refractivity contribution in [3.05, 3.63) is 29.3 Å². The molecule has 4 nitrogen and oxygen atoms in total. The summed E-state index contributed by atoms with van der Waals surface area (Å²) >= 11 is 0. The zero-order valence-corrected chi connectivity index (χ0v) is 11.5. The predicted molar refractivity (Wildman–Crippen MR) is 74.9 cm³/mol. The van der Waals surface area contributed by atoms with Gasteiger partial charge in [0, 0.05) is 25.7 Å². The Kier molecular flexibility index (Phi) is 4.20. The van der Waals surface area contributed by atoms with Gasteiger partial charge >= 0.3 is 0 Å². The van der Waals surface area contributed by atoms with Crippen LogP contribution in [-0.4, -0.2) is 18.9 Å². The number of anilines is 1. The number of nitrogens with zero attached hydrogens (tertiary/aromatic N) is 1. The van der Waals surface area contributed by atoms with Crippen LogP contribution in [0.2, 0.25) is 0 Å². The van der Waals surface area contributed by atoms with E-state index in [1.165, 1.54) is 0 Å². The molecule has 0 aliphatic carbocycles. The van der Waals surface area contributed by atoms with Crippen molar-refractivity contribution < 1.29 is 9.59 Å². The van der Waals surface area contributed by atoms with Gasteiger partial charge in [-0.2, -0.15) is 0 Å². The Hall–Kier alpha value is -1.84. The van der Waals surface area contributed by atoms with Crippen LogP contribution in [-0.2, 0) is 22.6 Å². The minimum Gasteiger partial charge on any atom is -0.352 e. The van der Waals surface area contributed by atoms with Gasteiger partial charge in [-0.15, -0.1) is 0 Å². The van der Waals surface area contributed by atoms with Crippen LogP contribution < -0.4 is 10.2 Å². The molecule has 0 saturated carbocycles. The molecule has 102 valence electrons. The molecule has 1 aliphatic rings. The van der Waals surface area contributed by atoms with Crippen LogP contribution in [0.3, 0.4) is 0 Å². The van der Waals surface area contributed by atoms with E-state index < -0.39 is 0 Å². The highest BCUT2D eigenvalue weighted by Gasteiger charge is 2.23. The van der Waals surface area contributed by atoms with Gasteiger partial charge in [-0.05, 0) is 23.6 Å². The van der Waals surface area contributed by atoms with E-state index in [4.69, 9.17) is 0 Å². The third kappa shape index (κ3) is 3.13. The Morgan fingerprint density at radius 2 is 2.21 bits per heavy atom. The highest BCUT2D eigenvalue weighted by molar-refractivity contribution is 6.00. The first kappa shape index (κ1) is 13.6. The number of benzene rings is 1. The van der Waals surface area contributed by atoms with Gasteiger partial charge in [-0.3, -0.25) is 9.59 Å². The summed E-state index contributed by atoms with van der Waals surface area (Å²) < 4.78 is 0. The lowest BCUT2D eigenvalue weighted by Crippen LogP contribution is -2.22. The van der Waals surface area contributed by atoms with Crippen LogP contribution in [0.5, 0.6) is 0 Å². The first-order valence-electron chi connectivity index (χ1n) is 6.77. The van der Waals surface area contributed by atoms with Gasteiger partial charge in [-0.25, -0.2) is 0 Å². The summed E-state index contributed by atoms with van der Waals surface area (Å²) in [6.45, 7) is 2.61. The maximum absolute atomic E-state index is 11.6. The molecular formula is C15H20N2O2. The molecule has 0 bridgehead atoms. The Morgan fingerprint density at radius 1 is 1.42 bits per heavy atom. The van der Waals surface area contributed by atoms with Crippen molar-refractivity contribution in [1.29, 1.82) is 0 Å². The number of unbranched alkanes of at least 4 members (excludes halogenated alkanes) is 1.